The molecule has 0 aromatic heterocycles. The monoisotopic (exact) mass is 381 g/mol. The molecule has 0 spiro atoms. The Morgan fingerprint density at radius 1 is 1.04 bits per heavy atom. The van der Waals surface area contributed by atoms with Crippen molar-refractivity contribution in [2.75, 3.05) is 26.2 Å². The van der Waals surface area contributed by atoms with Crippen LogP contribution in [0.3, 0.4) is 0 Å². The van der Waals surface area contributed by atoms with Crippen molar-refractivity contribution < 1.29 is 29.7 Å². The number of benzene rings is 1. The van der Waals surface area contributed by atoms with Gasteiger partial charge in [0.2, 0.25) is 0 Å². The number of rotatable bonds is 5. The van der Waals surface area contributed by atoms with E-state index in [1.165, 1.54) is 0 Å². The molecule has 1 fully saturated rings. The zero-order valence-electron chi connectivity index (χ0n) is 15.7. The Hall–Kier alpha value is -2.49. The number of carbonyl (C=O) groups is 3. The summed E-state index contributed by atoms with van der Waals surface area (Å²) in [6, 6.07) is 2.81. The summed E-state index contributed by atoms with van der Waals surface area (Å²) in [5, 5.41) is 29.2. The molecule has 9 heteroatoms. The number of nitrogens with two attached hydrogens (primary N) is 1. The maximum Gasteiger partial charge on any atom is 0.336 e. The largest absolute Gasteiger partial charge is 0.478 e. The van der Waals surface area contributed by atoms with Gasteiger partial charge in [0.1, 0.15) is 0 Å². The zero-order valence-corrected chi connectivity index (χ0v) is 15.7. The first-order chi connectivity index (χ1) is 12.5. The van der Waals surface area contributed by atoms with Crippen LogP contribution in [0.2, 0.25) is 0 Å². The first-order valence-electron chi connectivity index (χ1n) is 8.57. The van der Waals surface area contributed by atoms with E-state index in [0.29, 0.717) is 5.92 Å². The Kier molecular flexibility index (Phi) is 7.89. The van der Waals surface area contributed by atoms with E-state index in [2.05, 4.69) is 31.0 Å². The van der Waals surface area contributed by atoms with E-state index in [1.54, 1.807) is 0 Å². The number of hydrogen-bond donors (Lipinski definition) is 5. The van der Waals surface area contributed by atoms with Crippen LogP contribution >= 0.6 is 0 Å². The first kappa shape index (κ1) is 22.6. The van der Waals surface area contributed by atoms with Crippen LogP contribution in [0.25, 0.3) is 0 Å². The summed E-state index contributed by atoms with van der Waals surface area (Å²) >= 11 is 0. The molecule has 0 radical (unpaired) electrons. The molecule has 1 aromatic carbocycles. The predicted octanol–water partition coefficient (Wildman–Crippen LogP) is 1.00. The second-order valence-electron chi connectivity index (χ2n) is 6.79. The molecule has 0 saturated carbocycles. The minimum Gasteiger partial charge on any atom is -0.478 e. The number of nitrogens with one attached hydrogen (secondary N) is 1. The van der Waals surface area contributed by atoms with Gasteiger partial charge in [-0.3, -0.25) is 4.90 Å². The highest BCUT2D eigenvalue weighted by molar-refractivity contribution is 6.03. The summed E-state index contributed by atoms with van der Waals surface area (Å²) in [6.45, 7) is 10.8. The lowest BCUT2D eigenvalue weighted by atomic mass is 9.96. The third kappa shape index (κ3) is 6.02. The lowest BCUT2D eigenvalue weighted by Gasteiger charge is -2.43. The quantitative estimate of drug-likeness (QED) is 0.502. The van der Waals surface area contributed by atoms with Crippen LogP contribution in [-0.2, 0) is 0 Å². The maximum atomic E-state index is 10.6. The van der Waals surface area contributed by atoms with Crippen molar-refractivity contribution in [3.63, 3.8) is 0 Å². The molecular formula is C18H27N3O6. The van der Waals surface area contributed by atoms with Crippen LogP contribution in [-0.4, -0.2) is 70.0 Å². The lowest BCUT2D eigenvalue weighted by Crippen LogP contribution is -2.62. The SMILES string of the molecule is CC(C)C(C)(N)N1CCNCC1.O=C(O)c1ccc(C(=O)O)c(C(=O)O)c1. The number of hydrogen-bond acceptors (Lipinski definition) is 6. The fourth-order valence-corrected chi connectivity index (χ4v) is 2.55. The number of carboxylic acid groups (broad SMARTS) is 3. The summed E-state index contributed by atoms with van der Waals surface area (Å²) in [6.07, 6.45) is 0. The Labute approximate surface area is 157 Å². The van der Waals surface area contributed by atoms with Gasteiger partial charge in [-0.05, 0) is 31.0 Å². The molecule has 0 aliphatic carbocycles. The van der Waals surface area contributed by atoms with Gasteiger partial charge in [0.25, 0.3) is 0 Å². The fraction of sp³-hybridized carbons (Fsp3) is 0.500. The van der Waals surface area contributed by atoms with Gasteiger partial charge in [-0.2, -0.15) is 0 Å². The number of carboxylic acids is 3. The highest BCUT2D eigenvalue weighted by atomic mass is 16.4. The third-order valence-electron chi connectivity index (χ3n) is 4.69. The zero-order chi connectivity index (χ0) is 20.8. The Balaban J connectivity index is 0.000000277. The summed E-state index contributed by atoms with van der Waals surface area (Å²) in [5.41, 5.74) is 4.85. The molecule has 1 saturated heterocycles. The molecule has 0 amide bonds. The summed E-state index contributed by atoms with van der Waals surface area (Å²) < 4.78 is 0. The Morgan fingerprint density at radius 3 is 1.96 bits per heavy atom. The van der Waals surface area contributed by atoms with Gasteiger partial charge in [0.15, 0.2) is 0 Å². The summed E-state index contributed by atoms with van der Waals surface area (Å²) in [4.78, 5) is 34.1. The van der Waals surface area contributed by atoms with Gasteiger partial charge >= 0.3 is 17.9 Å². The molecule has 1 aliphatic heterocycles. The average molecular weight is 381 g/mol. The first-order valence-corrected chi connectivity index (χ1v) is 8.57. The van der Waals surface area contributed by atoms with Crippen molar-refractivity contribution in [3.05, 3.63) is 34.9 Å². The van der Waals surface area contributed by atoms with Crippen LogP contribution in [0.1, 0.15) is 51.8 Å². The molecule has 1 aromatic rings. The van der Waals surface area contributed by atoms with Gasteiger partial charge in [0, 0.05) is 26.2 Å². The molecular weight excluding hydrogens is 354 g/mol. The van der Waals surface area contributed by atoms with Crippen LogP contribution in [0.4, 0.5) is 0 Å². The van der Waals surface area contributed by atoms with E-state index < -0.39 is 29.0 Å². The van der Waals surface area contributed by atoms with Crippen molar-refractivity contribution in [1.82, 2.24) is 10.2 Å². The van der Waals surface area contributed by atoms with E-state index in [1.807, 2.05) is 0 Å². The normalized spacial score (nSPS) is 16.8. The van der Waals surface area contributed by atoms with Gasteiger partial charge in [-0.1, -0.05) is 13.8 Å². The van der Waals surface area contributed by atoms with Crippen molar-refractivity contribution in [1.29, 1.82) is 0 Å². The summed E-state index contributed by atoms with van der Waals surface area (Å²) in [7, 11) is 0. The highest BCUT2D eigenvalue weighted by Crippen LogP contribution is 2.18. The second kappa shape index (κ2) is 9.45. The lowest BCUT2D eigenvalue weighted by molar-refractivity contribution is 0.0537. The van der Waals surface area contributed by atoms with Crippen molar-refractivity contribution in [2.24, 2.45) is 11.7 Å². The van der Waals surface area contributed by atoms with Crippen LogP contribution < -0.4 is 11.1 Å². The minimum atomic E-state index is -1.48. The standard InChI is InChI=1S/C9H21N3.C9H6O6/c1-8(2)9(3,10)12-6-4-11-5-7-12;10-7(11)4-1-2-5(8(12)13)6(3-4)9(14)15/h8,11H,4-7,10H2,1-3H3;1-3H,(H,10,11)(H,12,13)(H,14,15). The highest BCUT2D eigenvalue weighted by Gasteiger charge is 2.31. The van der Waals surface area contributed by atoms with E-state index in [0.717, 1.165) is 44.4 Å². The van der Waals surface area contributed by atoms with E-state index >= 15 is 0 Å². The molecule has 6 N–H and O–H groups in total. The molecule has 2 rings (SSSR count). The molecule has 1 aliphatic rings. The number of nitrogens with zero attached hydrogens (tertiary/aromatic N) is 1. The Morgan fingerprint density at radius 2 is 1.56 bits per heavy atom. The molecule has 1 atom stereocenters. The smallest absolute Gasteiger partial charge is 0.336 e. The van der Waals surface area contributed by atoms with E-state index in [-0.39, 0.29) is 11.2 Å². The summed E-state index contributed by atoms with van der Waals surface area (Å²) in [5.74, 6) is -3.69. The van der Waals surface area contributed by atoms with Crippen molar-refractivity contribution in [3.8, 4) is 0 Å². The second-order valence-corrected chi connectivity index (χ2v) is 6.79. The molecule has 27 heavy (non-hydrogen) atoms. The van der Waals surface area contributed by atoms with Gasteiger partial charge in [-0.25, -0.2) is 14.4 Å². The topological polar surface area (TPSA) is 153 Å². The minimum absolute atomic E-state index is 0.137. The van der Waals surface area contributed by atoms with Crippen LogP contribution in [0.15, 0.2) is 18.2 Å². The van der Waals surface area contributed by atoms with Crippen LogP contribution in [0, 0.1) is 5.92 Å². The van der Waals surface area contributed by atoms with Gasteiger partial charge < -0.3 is 26.4 Å². The van der Waals surface area contributed by atoms with E-state index in [9.17, 15) is 14.4 Å². The molecule has 0 bridgehead atoms. The van der Waals surface area contributed by atoms with Gasteiger partial charge in [0.05, 0.1) is 22.4 Å². The predicted molar refractivity (Wildman–Crippen MR) is 99.2 cm³/mol. The number of piperazine rings is 1. The van der Waals surface area contributed by atoms with Crippen molar-refractivity contribution >= 4 is 17.9 Å². The molecule has 1 heterocycles. The van der Waals surface area contributed by atoms with E-state index in [4.69, 9.17) is 21.1 Å². The van der Waals surface area contributed by atoms with Crippen LogP contribution in [0.5, 0.6) is 0 Å². The Bertz CT molecular complexity index is 696. The molecule has 150 valence electrons. The average Bonchev–Trinajstić information content (AvgIpc) is 2.62. The molecule has 9 nitrogen and oxygen atoms in total. The fourth-order valence-electron chi connectivity index (χ4n) is 2.55. The van der Waals surface area contributed by atoms with Gasteiger partial charge in [-0.15, -0.1) is 0 Å². The molecule has 1 unspecified atom stereocenters. The number of aromatic carboxylic acids is 3. The maximum absolute atomic E-state index is 10.6. The van der Waals surface area contributed by atoms with Crippen molar-refractivity contribution in [2.45, 2.75) is 26.4 Å². The third-order valence-corrected chi connectivity index (χ3v) is 4.69.